The van der Waals surface area contributed by atoms with Gasteiger partial charge in [-0.3, -0.25) is 14.4 Å². The average molecular weight is 280 g/mol. The second-order valence-corrected chi connectivity index (χ2v) is 3.88. The Morgan fingerprint density at radius 1 is 1.00 bits per heavy atom. The maximum atomic E-state index is 12.1. The third-order valence-corrected chi connectivity index (χ3v) is 2.20. The van der Waals surface area contributed by atoms with E-state index < -0.39 is 24.0 Å². The SMILES string of the molecule is CC(=O)OCCOC(OC(C)=O)C(=O)c1ccccc1. The topological polar surface area (TPSA) is 78.9 Å². The lowest BCUT2D eigenvalue weighted by Gasteiger charge is -2.16. The van der Waals surface area contributed by atoms with E-state index in [4.69, 9.17) is 9.47 Å². The van der Waals surface area contributed by atoms with E-state index in [1.165, 1.54) is 13.8 Å². The van der Waals surface area contributed by atoms with Gasteiger partial charge >= 0.3 is 11.9 Å². The van der Waals surface area contributed by atoms with Crippen LogP contribution in [0.1, 0.15) is 24.2 Å². The normalized spacial score (nSPS) is 11.5. The molecule has 108 valence electrons. The molecule has 0 saturated heterocycles. The van der Waals surface area contributed by atoms with Crippen molar-refractivity contribution in [2.45, 2.75) is 20.1 Å². The number of carbonyl (C=O) groups excluding carboxylic acids is 3. The molecule has 0 aliphatic carbocycles. The van der Waals surface area contributed by atoms with Crippen LogP contribution in [0.2, 0.25) is 0 Å². The van der Waals surface area contributed by atoms with Crippen LogP contribution in [0.15, 0.2) is 30.3 Å². The summed E-state index contributed by atoms with van der Waals surface area (Å²) >= 11 is 0. The maximum absolute atomic E-state index is 12.1. The number of esters is 2. The van der Waals surface area contributed by atoms with Gasteiger partial charge in [0, 0.05) is 19.4 Å². The van der Waals surface area contributed by atoms with Crippen molar-refractivity contribution in [2.24, 2.45) is 0 Å². The van der Waals surface area contributed by atoms with E-state index in [1.54, 1.807) is 30.3 Å². The number of carbonyl (C=O) groups is 3. The van der Waals surface area contributed by atoms with Crippen LogP contribution in [0.5, 0.6) is 0 Å². The van der Waals surface area contributed by atoms with Crippen molar-refractivity contribution >= 4 is 17.7 Å². The molecule has 1 aromatic rings. The molecule has 0 spiro atoms. The van der Waals surface area contributed by atoms with Crippen LogP contribution in [0, 0.1) is 0 Å². The van der Waals surface area contributed by atoms with E-state index in [2.05, 4.69) is 4.74 Å². The van der Waals surface area contributed by atoms with Gasteiger partial charge in [0.1, 0.15) is 6.61 Å². The largest absolute Gasteiger partial charge is 0.463 e. The van der Waals surface area contributed by atoms with Gasteiger partial charge in [0.05, 0.1) is 6.61 Å². The van der Waals surface area contributed by atoms with Crippen LogP contribution in [0.25, 0.3) is 0 Å². The third-order valence-electron chi connectivity index (χ3n) is 2.20. The highest BCUT2D eigenvalue weighted by Crippen LogP contribution is 2.08. The number of ketones is 1. The van der Waals surface area contributed by atoms with Crippen molar-refractivity contribution in [3.8, 4) is 0 Å². The Morgan fingerprint density at radius 2 is 1.65 bits per heavy atom. The summed E-state index contributed by atoms with van der Waals surface area (Å²) in [6, 6.07) is 8.33. The Morgan fingerprint density at radius 3 is 2.20 bits per heavy atom. The summed E-state index contributed by atoms with van der Waals surface area (Å²) in [5.41, 5.74) is 0.367. The molecule has 0 fully saturated rings. The van der Waals surface area contributed by atoms with Crippen molar-refractivity contribution in [3.63, 3.8) is 0 Å². The highest BCUT2D eigenvalue weighted by molar-refractivity contribution is 5.99. The van der Waals surface area contributed by atoms with Crippen LogP contribution >= 0.6 is 0 Å². The van der Waals surface area contributed by atoms with Crippen LogP contribution in [-0.4, -0.2) is 37.2 Å². The zero-order valence-electron chi connectivity index (χ0n) is 11.3. The molecule has 1 rings (SSSR count). The fourth-order valence-corrected chi connectivity index (χ4v) is 1.39. The first-order valence-corrected chi connectivity index (χ1v) is 6.02. The molecule has 6 nitrogen and oxygen atoms in total. The Hall–Kier alpha value is -2.21. The summed E-state index contributed by atoms with van der Waals surface area (Å²) in [6.45, 7) is 2.38. The lowest BCUT2D eigenvalue weighted by atomic mass is 10.1. The van der Waals surface area contributed by atoms with E-state index in [0.29, 0.717) is 5.56 Å². The molecule has 0 saturated carbocycles. The van der Waals surface area contributed by atoms with Gasteiger partial charge in [-0.1, -0.05) is 30.3 Å². The van der Waals surface area contributed by atoms with E-state index in [0.717, 1.165) is 0 Å². The molecule has 20 heavy (non-hydrogen) atoms. The van der Waals surface area contributed by atoms with Gasteiger partial charge < -0.3 is 14.2 Å². The maximum Gasteiger partial charge on any atom is 0.305 e. The smallest absolute Gasteiger partial charge is 0.305 e. The summed E-state index contributed by atoms with van der Waals surface area (Å²) in [5.74, 6) is -1.55. The first-order chi connectivity index (χ1) is 9.50. The van der Waals surface area contributed by atoms with Crippen LogP contribution in [0.4, 0.5) is 0 Å². The highest BCUT2D eigenvalue weighted by atomic mass is 16.7. The molecule has 0 amide bonds. The number of ether oxygens (including phenoxy) is 3. The molecule has 1 aromatic carbocycles. The number of hydrogen-bond donors (Lipinski definition) is 0. The minimum Gasteiger partial charge on any atom is -0.463 e. The van der Waals surface area contributed by atoms with Crippen molar-refractivity contribution in [1.82, 2.24) is 0 Å². The van der Waals surface area contributed by atoms with E-state index >= 15 is 0 Å². The van der Waals surface area contributed by atoms with Gasteiger partial charge in [0.2, 0.25) is 5.78 Å². The monoisotopic (exact) mass is 280 g/mol. The van der Waals surface area contributed by atoms with Gasteiger partial charge in [0.15, 0.2) is 0 Å². The number of hydrogen-bond acceptors (Lipinski definition) is 6. The number of rotatable bonds is 7. The predicted molar refractivity (Wildman–Crippen MR) is 68.9 cm³/mol. The summed E-state index contributed by atoms with van der Waals surface area (Å²) in [7, 11) is 0. The fraction of sp³-hybridized carbons (Fsp3) is 0.357. The molecule has 0 aliphatic rings. The zero-order valence-corrected chi connectivity index (χ0v) is 11.3. The molecular formula is C14H16O6. The van der Waals surface area contributed by atoms with Gasteiger partial charge in [-0.2, -0.15) is 0 Å². The first-order valence-electron chi connectivity index (χ1n) is 6.02. The predicted octanol–water partition coefficient (Wildman–Crippen LogP) is 1.34. The van der Waals surface area contributed by atoms with Gasteiger partial charge in [-0.15, -0.1) is 0 Å². The zero-order chi connectivity index (χ0) is 15.0. The quantitative estimate of drug-likeness (QED) is 0.324. The van der Waals surface area contributed by atoms with Crippen molar-refractivity contribution in [3.05, 3.63) is 35.9 Å². The van der Waals surface area contributed by atoms with Gasteiger partial charge in [-0.25, -0.2) is 0 Å². The standard InChI is InChI=1S/C14H16O6/c1-10(15)18-8-9-19-14(20-11(2)16)13(17)12-6-4-3-5-7-12/h3-7,14H,8-9H2,1-2H3. The average Bonchev–Trinajstić information content (AvgIpc) is 2.41. The molecule has 0 heterocycles. The third kappa shape index (κ3) is 5.62. The Balaban J connectivity index is 2.61. The fourth-order valence-electron chi connectivity index (χ4n) is 1.39. The molecule has 0 aromatic heterocycles. The second kappa shape index (κ2) is 8.06. The molecule has 6 heteroatoms. The summed E-state index contributed by atoms with van der Waals surface area (Å²) < 4.78 is 14.6. The van der Waals surface area contributed by atoms with Gasteiger partial charge in [-0.05, 0) is 0 Å². The molecule has 1 unspecified atom stereocenters. The summed E-state index contributed by atoms with van der Waals surface area (Å²) in [5, 5.41) is 0. The Labute approximate surface area is 116 Å². The van der Waals surface area contributed by atoms with Crippen molar-refractivity contribution in [1.29, 1.82) is 0 Å². The molecule has 0 bridgehead atoms. The first kappa shape index (κ1) is 15.8. The number of benzene rings is 1. The number of Topliss-reactive ketones (excluding diaryl/α,β-unsaturated/α-hetero) is 1. The van der Waals surface area contributed by atoms with Gasteiger partial charge in [0.25, 0.3) is 6.29 Å². The van der Waals surface area contributed by atoms with E-state index in [-0.39, 0.29) is 13.2 Å². The molecule has 1 atom stereocenters. The van der Waals surface area contributed by atoms with E-state index in [9.17, 15) is 14.4 Å². The van der Waals surface area contributed by atoms with Crippen LogP contribution in [-0.2, 0) is 23.8 Å². The minimum atomic E-state index is -1.34. The summed E-state index contributed by atoms with van der Waals surface area (Å²) in [4.78, 5) is 33.7. The minimum absolute atomic E-state index is 0.0187. The summed E-state index contributed by atoms with van der Waals surface area (Å²) in [6.07, 6.45) is -1.34. The Bertz CT molecular complexity index is 468. The van der Waals surface area contributed by atoms with Crippen LogP contribution < -0.4 is 0 Å². The highest BCUT2D eigenvalue weighted by Gasteiger charge is 2.23. The van der Waals surface area contributed by atoms with Crippen molar-refractivity contribution in [2.75, 3.05) is 13.2 Å². The second-order valence-electron chi connectivity index (χ2n) is 3.88. The molecular weight excluding hydrogens is 264 g/mol. The lowest BCUT2D eigenvalue weighted by molar-refractivity contribution is -0.170. The molecule has 0 N–H and O–H groups in total. The molecule has 0 aliphatic heterocycles. The molecule has 0 radical (unpaired) electrons. The van der Waals surface area contributed by atoms with E-state index in [1.807, 2.05) is 0 Å². The Kier molecular flexibility index (Phi) is 6.39. The van der Waals surface area contributed by atoms with Crippen LogP contribution in [0.3, 0.4) is 0 Å². The van der Waals surface area contributed by atoms with Crippen molar-refractivity contribution < 1.29 is 28.6 Å². The lowest BCUT2D eigenvalue weighted by Crippen LogP contribution is -2.30.